The molecule has 78 valence electrons. The number of alkyl halides is 1. The Hall–Kier alpha value is -0.0600. The van der Waals surface area contributed by atoms with Crippen LogP contribution in [0.2, 0.25) is 0 Å². The molecule has 0 aliphatic heterocycles. The number of hydrogen-bond donors (Lipinski definition) is 0. The predicted molar refractivity (Wildman–Crippen MR) is 55.6 cm³/mol. The summed E-state index contributed by atoms with van der Waals surface area (Å²) < 4.78 is 15.6. The van der Waals surface area contributed by atoms with Crippen LogP contribution >= 0.6 is 15.9 Å². The highest BCUT2D eigenvalue weighted by Crippen LogP contribution is 2.04. The van der Waals surface area contributed by atoms with Crippen molar-refractivity contribution in [3.8, 4) is 0 Å². The third-order valence-corrected chi connectivity index (χ3v) is 1.50. The van der Waals surface area contributed by atoms with E-state index in [0.717, 1.165) is 0 Å². The number of rotatable bonds is 7. The molecule has 0 aromatic heterocycles. The standard InChI is InChI=1S/C9H17BrO3/c1-5-11-8(3)13-9(4)12-6-7(2)10/h5,7-9H,1,6H2,2-4H3. The molecule has 0 rings (SSSR count). The van der Waals surface area contributed by atoms with E-state index in [4.69, 9.17) is 14.2 Å². The quantitative estimate of drug-likeness (QED) is 0.396. The third-order valence-electron chi connectivity index (χ3n) is 1.23. The molecule has 0 aromatic rings. The first kappa shape index (κ1) is 12.9. The molecule has 0 spiro atoms. The summed E-state index contributed by atoms with van der Waals surface area (Å²) in [5.74, 6) is 0. The van der Waals surface area contributed by atoms with Crippen molar-refractivity contribution in [2.24, 2.45) is 0 Å². The molecule has 0 fully saturated rings. The molecule has 0 heterocycles. The maximum atomic E-state index is 5.34. The monoisotopic (exact) mass is 252 g/mol. The van der Waals surface area contributed by atoms with Crippen LogP contribution in [0.25, 0.3) is 0 Å². The summed E-state index contributed by atoms with van der Waals surface area (Å²) in [6, 6.07) is 0. The zero-order valence-electron chi connectivity index (χ0n) is 8.33. The van der Waals surface area contributed by atoms with Crippen molar-refractivity contribution in [1.82, 2.24) is 0 Å². The van der Waals surface area contributed by atoms with Crippen LogP contribution in [0.4, 0.5) is 0 Å². The van der Waals surface area contributed by atoms with E-state index in [1.807, 2.05) is 13.8 Å². The second-order valence-electron chi connectivity index (χ2n) is 2.69. The topological polar surface area (TPSA) is 27.7 Å². The van der Waals surface area contributed by atoms with Crippen molar-refractivity contribution < 1.29 is 14.2 Å². The lowest BCUT2D eigenvalue weighted by molar-refractivity contribution is -0.214. The number of hydrogen-bond acceptors (Lipinski definition) is 3. The highest BCUT2D eigenvalue weighted by Gasteiger charge is 2.08. The molecule has 0 aliphatic rings. The first-order chi connectivity index (χ1) is 6.06. The van der Waals surface area contributed by atoms with Crippen molar-refractivity contribution in [3.05, 3.63) is 12.8 Å². The summed E-state index contributed by atoms with van der Waals surface area (Å²) in [6.07, 6.45) is 0.762. The molecule has 4 heteroatoms. The zero-order chi connectivity index (χ0) is 10.3. The van der Waals surface area contributed by atoms with Gasteiger partial charge in [-0.1, -0.05) is 29.4 Å². The van der Waals surface area contributed by atoms with E-state index in [1.54, 1.807) is 6.92 Å². The Morgan fingerprint density at radius 3 is 2.38 bits per heavy atom. The first-order valence-electron chi connectivity index (χ1n) is 4.23. The minimum atomic E-state index is -0.321. The Morgan fingerprint density at radius 2 is 1.92 bits per heavy atom. The van der Waals surface area contributed by atoms with Crippen LogP contribution in [-0.2, 0) is 14.2 Å². The van der Waals surface area contributed by atoms with Gasteiger partial charge in [-0.25, -0.2) is 0 Å². The largest absolute Gasteiger partial charge is 0.473 e. The van der Waals surface area contributed by atoms with Gasteiger partial charge in [0.1, 0.15) is 0 Å². The fourth-order valence-corrected chi connectivity index (χ4v) is 0.897. The van der Waals surface area contributed by atoms with Crippen LogP contribution in [-0.4, -0.2) is 24.0 Å². The summed E-state index contributed by atoms with van der Waals surface area (Å²) in [6.45, 7) is 9.68. The fraction of sp³-hybridized carbons (Fsp3) is 0.778. The molecule has 0 aliphatic carbocycles. The Morgan fingerprint density at radius 1 is 1.31 bits per heavy atom. The summed E-state index contributed by atoms with van der Waals surface area (Å²) in [5.41, 5.74) is 0. The van der Waals surface area contributed by atoms with Crippen molar-refractivity contribution >= 4 is 15.9 Å². The second kappa shape index (κ2) is 7.35. The molecular weight excluding hydrogens is 236 g/mol. The lowest BCUT2D eigenvalue weighted by Crippen LogP contribution is -2.22. The summed E-state index contributed by atoms with van der Waals surface area (Å²) in [4.78, 5) is 0.328. The van der Waals surface area contributed by atoms with Gasteiger partial charge in [0.15, 0.2) is 12.6 Å². The smallest absolute Gasteiger partial charge is 0.198 e. The van der Waals surface area contributed by atoms with E-state index in [1.165, 1.54) is 6.26 Å². The maximum absolute atomic E-state index is 5.34. The summed E-state index contributed by atoms with van der Waals surface area (Å²) in [5, 5.41) is 0. The van der Waals surface area contributed by atoms with Crippen molar-refractivity contribution in [2.45, 2.75) is 38.2 Å². The molecule has 0 radical (unpaired) electrons. The lowest BCUT2D eigenvalue weighted by Gasteiger charge is -2.19. The van der Waals surface area contributed by atoms with Crippen molar-refractivity contribution in [1.29, 1.82) is 0 Å². The minimum absolute atomic E-state index is 0.269. The molecule has 13 heavy (non-hydrogen) atoms. The molecule has 3 atom stereocenters. The van der Waals surface area contributed by atoms with Gasteiger partial charge in [0.05, 0.1) is 12.9 Å². The Balaban J connectivity index is 3.48. The van der Waals surface area contributed by atoms with E-state index < -0.39 is 0 Å². The lowest BCUT2D eigenvalue weighted by atomic mass is 10.5. The van der Waals surface area contributed by atoms with E-state index >= 15 is 0 Å². The average molecular weight is 253 g/mol. The highest BCUT2D eigenvalue weighted by atomic mass is 79.9. The summed E-state index contributed by atoms with van der Waals surface area (Å²) >= 11 is 3.37. The van der Waals surface area contributed by atoms with Gasteiger partial charge in [0.25, 0.3) is 0 Å². The van der Waals surface area contributed by atoms with Crippen LogP contribution in [0.1, 0.15) is 20.8 Å². The predicted octanol–water partition coefficient (Wildman–Crippen LogP) is 2.66. The Bertz CT molecular complexity index is 139. The molecule has 0 saturated carbocycles. The van der Waals surface area contributed by atoms with Gasteiger partial charge in [-0.05, 0) is 13.8 Å². The Labute approximate surface area is 88.2 Å². The Kier molecular flexibility index (Phi) is 7.32. The number of ether oxygens (including phenoxy) is 3. The molecule has 0 amide bonds. The maximum Gasteiger partial charge on any atom is 0.198 e. The molecule has 0 saturated heterocycles. The van der Waals surface area contributed by atoms with Gasteiger partial charge in [-0.15, -0.1) is 0 Å². The van der Waals surface area contributed by atoms with Crippen LogP contribution in [0, 0.1) is 0 Å². The van der Waals surface area contributed by atoms with Crippen molar-refractivity contribution in [2.75, 3.05) is 6.61 Å². The zero-order valence-corrected chi connectivity index (χ0v) is 9.91. The molecule has 0 N–H and O–H groups in total. The van der Waals surface area contributed by atoms with E-state index in [2.05, 4.69) is 22.5 Å². The van der Waals surface area contributed by atoms with E-state index in [0.29, 0.717) is 11.4 Å². The van der Waals surface area contributed by atoms with Gasteiger partial charge in [0.2, 0.25) is 0 Å². The molecule has 3 nitrogen and oxygen atoms in total. The normalized spacial score (nSPS) is 17.5. The number of halogens is 1. The second-order valence-corrected chi connectivity index (χ2v) is 4.25. The average Bonchev–Trinajstić information content (AvgIpc) is 2.01. The van der Waals surface area contributed by atoms with Gasteiger partial charge >= 0.3 is 0 Å². The highest BCUT2D eigenvalue weighted by molar-refractivity contribution is 9.09. The van der Waals surface area contributed by atoms with Crippen LogP contribution in [0.5, 0.6) is 0 Å². The summed E-state index contributed by atoms with van der Waals surface area (Å²) in [7, 11) is 0. The van der Waals surface area contributed by atoms with Gasteiger partial charge in [0, 0.05) is 4.83 Å². The molecule has 0 bridgehead atoms. The molecule has 0 aromatic carbocycles. The van der Waals surface area contributed by atoms with Crippen molar-refractivity contribution in [3.63, 3.8) is 0 Å². The minimum Gasteiger partial charge on any atom is -0.473 e. The van der Waals surface area contributed by atoms with Crippen LogP contribution < -0.4 is 0 Å². The fourth-order valence-electron chi connectivity index (χ4n) is 0.745. The molecular formula is C9H17BrO3. The van der Waals surface area contributed by atoms with Gasteiger partial charge in [-0.3, -0.25) is 0 Å². The SMILES string of the molecule is C=COC(C)OC(C)OCC(C)Br. The van der Waals surface area contributed by atoms with Gasteiger partial charge < -0.3 is 14.2 Å². The first-order valence-corrected chi connectivity index (χ1v) is 5.15. The van der Waals surface area contributed by atoms with Gasteiger partial charge in [-0.2, -0.15) is 0 Å². The van der Waals surface area contributed by atoms with Crippen LogP contribution in [0.3, 0.4) is 0 Å². The van der Waals surface area contributed by atoms with E-state index in [9.17, 15) is 0 Å². The molecule has 3 unspecified atom stereocenters. The van der Waals surface area contributed by atoms with Crippen LogP contribution in [0.15, 0.2) is 12.8 Å². The third kappa shape index (κ3) is 8.28. The van der Waals surface area contributed by atoms with E-state index in [-0.39, 0.29) is 12.6 Å².